The minimum Gasteiger partial charge on any atom is -0.338 e. The summed E-state index contributed by atoms with van der Waals surface area (Å²) in [6.45, 7) is 10.8. The first-order chi connectivity index (χ1) is 7.20. The van der Waals surface area contributed by atoms with Gasteiger partial charge < -0.3 is 10.2 Å². The fraction of sp³-hybridized carbons (Fsp3) is 0.917. The number of rotatable bonds is 2. The zero-order chi connectivity index (χ0) is 12.6. The van der Waals surface area contributed by atoms with Gasteiger partial charge in [0.15, 0.2) is 0 Å². The van der Waals surface area contributed by atoms with Crippen LogP contribution in [0.5, 0.6) is 0 Å². The van der Waals surface area contributed by atoms with E-state index in [0.29, 0.717) is 0 Å². The van der Waals surface area contributed by atoms with Crippen molar-refractivity contribution in [3.8, 4) is 0 Å². The van der Waals surface area contributed by atoms with Gasteiger partial charge in [0.25, 0.3) is 0 Å². The number of carbonyl (C=O) groups excluding carboxylic acids is 1. The van der Waals surface area contributed by atoms with Gasteiger partial charge in [-0.2, -0.15) is 0 Å². The molecular weight excluding hydrogens is 202 g/mol. The maximum Gasteiger partial charge on any atom is 0.242 e. The SMILES string of the molecule is CNC(C)(C)C(=O)N1CCN(C)C(C)(C)C1. The third-order valence-electron chi connectivity index (χ3n) is 3.76. The summed E-state index contributed by atoms with van der Waals surface area (Å²) in [6, 6.07) is 0. The molecule has 0 atom stereocenters. The van der Waals surface area contributed by atoms with Crippen molar-refractivity contribution >= 4 is 5.91 Å². The molecule has 0 saturated carbocycles. The van der Waals surface area contributed by atoms with E-state index in [4.69, 9.17) is 0 Å². The Labute approximate surface area is 99.0 Å². The third-order valence-corrected chi connectivity index (χ3v) is 3.76. The maximum atomic E-state index is 12.3. The molecule has 0 aromatic carbocycles. The molecule has 1 aliphatic rings. The van der Waals surface area contributed by atoms with Gasteiger partial charge in [-0.3, -0.25) is 9.69 Å². The Morgan fingerprint density at radius 1 is 1.31 bits per heavy atom. The molecule has 0 aliphatic carbocycles. The molecule has 1 rings (SSSR count). The summed E-state index contributed by atoms with van der Waals surface area (Å²) in [4.78, 5) is 16.6. The van der Waals surface area contributed by atoms with Crippen molar-refractivity contribution in [2.75, 3.05) is 33.7 Å². The molecule has 0 aromatic heterocycles. The van der Waals surface area contributed by atoms with E-state index in [-0.39, 0.29) is 11.4 Å². The lowest BCUT2D eigenvalue weighted by atomic mass is 9.96. The summed E-state index contributed by atoms with van der Waals surface area (Å²) in [5, 5.41) is 3.07. The molecule has 0 aromatic rings. The quantitative estimate of drug-likeness (QED) is 0.748. The molecule has 1 fully saturated rings. The third kappa shape index (κ3) is 2.55. The monoisotopic (exact) mass is 227 g/mol. The Morgan fingerprint density at radius 3 is 2.31 bits per heavy atom. The molecule has 0 spiro atoms. The first-order valence-electron chi connectivity index (χ1n) is 5.90. The van der Waals surface area contributed by atoms with Crippen molar-refractivity contribution in [1.29, 1.82) is 0 Å². The van der Waals surface area contributed by atoms with Crippen molar-refractivity contribution < 1.29 is 4.79 Å². The Hall–Kier alpha value is -0.610. The average molecular weight is 227 g/mol. The molecule has 0 bridgehead atoms. The number of hydrogen-bond acceptors (Lipinski definition) is 3. The molecule has 94 valence electrons. The van der Waals surface area contributed by atoms with Crippen molar-refractivity contribution in [3.05, 3.63) is 0 Å². The number of nitrogens with zero attached hydrogens (tertiary/aromatic N) is 2. The van der Waals surface area contributed by atoms with Crippen LogP contribution in [0.1, 0.15) is 27.7 Å². The number of hydrogen-bond donors (Lipinski definition) is 1. The van der Waals surface area contributed by atoms with Gasteiger partial charge in [-0.05, 0) is 41.8 Å². The van der Waals surface area contributed by atoms with Crippen molar-refractivity contribution in [3.63, 3.8) is 0 Å². The van der Waals surface area contributed by atoms with Gasteiger partial charge in [-0.15, -0.1) is 0 Å². The Balaban J connectivity index is 2.74. The first kappa shape index (κ1) is 13.5. The molecular formula is C12H25N3O. The number of amides is 1. The summed E-state index contributed by atoms with van der Waals surface area (Å²) in [5.41, 5.74) is -0.399. The summed E-state index contributed by atoms with van der Waals surface area (Å²) < 4.78 is 0. The van der Waals surface area contributed by atoms with Crippen LogP contribution in [0.25, 0.3) is 0 Å². The second-order valence-corrected chi connectivity index (χ2v) is 5.84. The zero-order valence-electron chi connectivity index (χ0n) is 11.4. The van der Waals surface area contributed by atoms with Gasteiger partial charge in [0, 0.05) is 25.2 Å². The molecule has 16 heavy (non-hydrogen) atoms. The smallest absolute Gasteiger partial charge is 0.242 e. The normalized spacial score (nSPS) is 22.2. The molecule has 1 heterocycles. The van der Waals surface area contributed by atoms with Crippen molar-refractivity contribution in [2.24, 2.45) is 0 Å². The van der Waals surface area contributed by atoms with Crippen LogP contribution >= 0.6 is 0 Å². The number of carbonyl (C=O) groups is 1. The van der Waals surface area contributed by atoms with E-state index in [1.807, 2.05) is 25.8 Å². The topological polar surface area (TPSA) is 35.6 Å². The second-order valence-electron chi connectivity index (χ2n) is 5.84. The first-order valence-corrected chi connectivity index (χ1v) is 5.90. The van der Waals surface area contributed by atoms with Crippen LogP contribution < -0.4 is 5.32 Å². The highest BCUT2D eigenvalue weighted by molar-refractivity contribution is 5.85. The van der Waals surface area contributed by atoms with E-state index in [2.05, 4.69) is 31.1 Å². The molecule has 1 N–H and O–H groups in total. The highest BCUT2D eigenvalue weighted by Gasteiger charge is 2.37. The molecule has 1 amide bonds. The van der Waals surface area contributed by atoms with E-state index < -0.39 is 5.54 Å². The summed E-state index contributed by atoms with van der Waals surface area (Å²) in [7, 11) is 3.95. The van der Waals surface area contributed by atoms with Gasteiger partial charge >= 0.3 is 0 Å². The largest absolute Gasteiger partial charge is 0.338 e. The number of nitrogens with one attached hydrogen (secondary N) is 1. The van der Waals surface area contributed by atoms with Crippen LogP contribution in [0.4, 0.5) is 0 Å². The fourth-order valence-electron chi connectivity index (χ4n) is 1.92. The standard InChI is InChI=1S/C12H25N3O/c1-11(2)9-15(8-7-14(11)6)10(16)12(3,4)13-5/h13H,7-9H2,1-6H3. The van der Waals surface area contributed by atoms with Gasteiger partial charge in [-0.1, -0.05) is 0 Å². The lowest BCUT2D eigenvalue weighted by Gasteiger charge is -2.47. The van der Waals surface area contributed by atoms with Crippen LogP contribution in [0, 0.1) is 0 Å². The average Bonchev–Trinajstić information content (AvgIpc) is 2.21. The molecule has 4 nitrogen and oxygen atoms in total. The van der Waals surface area contributed by atoms with E-state index in [0.717, 1.165) is 19.6 Å². The minimum atomic E-state index is -0.466. The highest BCUT2D eigenvalue weighted by Crippen LogP contribution is 2.21. The van der Waals surface area contributed by atoms with Gasteiger partial charge in [0.2, 0.25) is 5.91 Å². The maximum absolute atomic E-state index is 12.3. The summed E-state index contributed by atoms with van der Waals surface area (Å²) in [6.07, 6.45) is 0. The van der Waals surface area contributed by atoms with Crippen LogP contribution in [0.3, 0.4) is 0 Å². The van der Waals surface area contributed by atoms with Gasteiger partial charge in [0.1, 0.15) is 0 Å². The lowest BCUT2D eigenvalue weighted by molar-refractivity contribution is -0.141. The molecule has 1 saturated heterocycles. The van der Waals surface area contributed by atoms with Crippen LogP contribution in [-0.2, 0) is 4.79 Å². The fourth-order valence-corrected chi connectivity index (χ4v) is 1.92. The van der Waals surface area contributed by atoms with E-state index in [9.17, 15) is 4.79 Å². The summed E-state index contributed by atoms with van der Waals surface area (Å²) in [5.74, 6) is 0.191. The van der Waals surface area contributed by atoms with Crippen LogP contribution in [0.2, 0.25) is 0 Å². The van der Waals surface area contributed by atoms with Crippen LogP contribution in [-0.4, -0.2) is 60.5 Å². The van der Waals surface area contributed by atoms with Gasteiger partial charge in [0.05, 0.1) is 5.54 Å². The molecule has 0 unspecified atom stereocenters. The Bertz CT molecular complexity index is 273. The van der Waals surface area contributed by atoms with E-state index in [1.165, 1.54) is 0 Å². The van der Waals surface area contributed by atoms with Crippen molar-refractivity contribution in [2.45, 2.75) is 38.8 Å². The Morgan fingerprint density at radius 2 is 1.88 bits per heavy atom. The van der Waals surface area contributed by atoms with E-state index in [1.54, 1.807) is 0 Å². The zero-order valence-corrected chi connectivity index (χ0v) is 11.4. The second kappa shape index (κ2) is 4.34. The number of piperazine rings is 1. The molecule has 1 aliphatic heterocycles. The van der Waals surface area contributed by atoms with Gasteiger partial charge in [-0.25, -0.2) is 0 Å². The van der Waals surface area contributed by atoms with E-state index >= 15 is 0 Å². The predicted octanol–water partition coefficient (Wildman–Crippen LogP) is 0.537. The minimum absolute atomic E-state index is 0.0672. The highest BCUT2D eigenvalue weighted by atomic mass is 16.2. The molecule has 4 heteroatoms. The Kier molecular flexibility index (Phi) is 3.65. The summed E-state index contributed by atoms with van der Waals surface area (Å²) >= 11 is 0. The van der Waals surface area contributed by atoms with Crippen LogP contribution in [0.15, 0.2) is 0 Å². The number of likely N-dealkylation sites (N-methyl/N-ethyl adjacent to an activating group) is 2. The van der Waals surface area contributed by atoms with Crippen molar-refractivity contribution in [1.82, 2.24) is 15.1 Å². The lowest BCUT2D eigenvalue weighted by Crippen LogP contribution is -2.63. The predicted molar refractivity (Wildman–Crippen MR) is 66.4 cm³/mol. The molecule has 0 radical (unpaired) electrons.